The Labute approximate surface area is 150 Å². The number of rotatable bonds is 4. The molecule has 0 saturated carbocycles. The number of carbonyl (C=O) groups excluding carboxylic acids is 2. The molecule has 1 aliphatic heterocycles. The SMILES string of the molecule is Cc1cc(C(F)(F)F)ccc1C(=O)[C@H]1CNCCN1C(=O)[C@@H](N)C(C)C. The fourth-order valence-electron chi connectivity index (χ4n) is 2.97. The summed E-state index contributed by atoms with van der Waals surface area (Å²) >= 11 is 0. The number of benzene rings is 1. The second-order valence-electron chi connectivity index (χ2n) is 6.91. The molecule has 0 aliphatic carbocycles. The lowest BCUT2D eigenvalue weighted by Crippen LogP contribution is -2.60. The summed E-state index contributed by atoms with van der Waals surface area (Å²) in [5.74, 6) is -0.780. The van der Waals surface area contributed by atoms with E-state index in [4.69, 9.17) is 5.73 Å². The van der Waals surface area contributed by atoms with Crippen LogP contribution in [-0.4, -0.2) is 48.3 Å². The van der Waals surface area contributed by atoms with Gasteiger partial charge in [-0.25, -0.2) is 0 Å². The summed E-state index contributed by atoms with van der Waals surface area (Å²) in [6, 6.07) is 1.52. The third-order valence-electron chi connectivity index (χ3n) is 4.65. The molecular formula is C18H24F3N3O2. The molecule has 0 bridgehead atoms. The van der Waals surface area contributed by atoms with E-state index in [9.17, 15) is 22.8 Å². The molecule has 5 nitrogen and oxygen atoms in total. The van der Waals surface area contributed by atoms with Crippen molar-refractivity contribution in [1.29, 1.82) is 0 Å². The van der Waals surface area contributed by atoms with E-state index in [0.29, 0.717) is 13.1 Å². The van der Waals surface area contributed by atoms with Crippen molar-refractivity contribution in [2.45, 2.75) is 39.0 Å². The molecule has 1 heterocycles. The van der Waals surface area contributed by atoms with E-state index in [2.05, 4.69) is 5.32 Å². The maximum Gasteiger partial charge on any atom is 0.416 e. The highest BCUT2D eigenvalue weighted by Gasteiger charge is 2.37. The zero-order chi connectivity index (χ0) is 19.6. The molecule has 1 fully saturated rings. The molecule has 3 N–H and O–H groups in total. The van der Waals surface area contributed by atoms with Crippen LogP contribution in [0.15, 0.2) is 18.2 Å². The van der Waals surface area contributed by atoms with Crippen molar-refractivity contribution in [2.75, 3.05) is 19.6 Å². The summed E-state index contributed by atoms with van der Waals surface area (Å²) in [6.07, 6.45) is -4.47. The first-order chi connectivity index (χ1) is 12.0. The molecule has 1 aromatic carbocycles. The van der Waals surface area contributed by atoms with E-state index < -0.39 is 23.8 Å². The van der Waals surface area contributed by atoms with Crippen LogP contribution in [0.5, 0.6) is 0 Å². The number of nitrogens with two attached hydrogens (primary N) is 1. The van der Waals surface area contributed by atoms with E-state index >= 15 is 0 Å². The first-order valence-corrected chi connectivity index (χ1v) is 8.53. The Morgan fingerprint density at radius 2 is 1.96 bits per heavy atom. The number of Topliss-reactive ketones (excluding diaryl/α,β-unsaturated/α-hetero) is 1. The second kappa shape index (κ2) is 7.75. The summed E-state index contributed by atoms with van der Waals surface area (Å²) < 4.78 is 38.5. The minimum atomic E-state index is -4.47. The molecule has 2 atom stereocenters. The smallest absolute Gasteiger partial charge is 0.328 e. The third-order valence-corrected chi connectivity index (χ3v) is 4.65. The van der Waals surface area contributed by atoms with Crippen molar-refractivity contribution >= 4 is 11.7 Å². The topological polar surface area (TPSA) is 75.4 Å². The normalized spacial score (nSPS) is 19.5. The van der Waals surface area contributed by atoms with Crippen LogP contribution in [0.4, 0.5) is 13.2 Å². The molecule has 0 unspecified atom stereocenters. The van der Waals surface area contributed by atoms with Gasteiger partial charge in [0.25, 0.3) is 0 Å². The van der Waals surface area contributed by atoms with Gasteiger partial charge in [0.05, 0.1) is 11.6 Å². The molecular weight excluding hydrogens is 347 g/mol. The molecule has 26 heavy (non-hydrogen) atoms. The monoisotopic (exact) mass is 371 g/mol. The van der Waals surface area contributed by atoms with Crippen LogP contribution < -0.4 is 11.1 Å². The number of nitrogens with zero attached hydrogens (tertiary/aromatic N) is 1. The number of halogens is 3. The Bertz CT molecular complexity index is 689. The molecule has 0 radical (unpaired) electrons. The Balaban J connectivity index is 2.30. The highest BCUT2D eigenvalue weighted by molar-refractivity contribution is 6.03. The van der Waals surface area contributed by atoms with Crippen molar-refractivity contribution in [3.8, 4) is 0 Å². The lowest BCUT2D eigenvalue weighted by Gasteiger charge is -2.37. The van der Waals surface area contributed by atoms with Crippen LogP contribution in [0.25, 0.3) is 0 Å². The molecule has 144 valence electrons. The van der Waals surface area contributed by atoms with E-state index in [1.54, 1.807) is 0 Å². The van der Waals surface area contributed by atoms with Crippen LogP contribution >= 0.6 is 0 Å². The zero-order valence-electron chi connectivity index (χ0n) is 15.1. The number of piperazine rings is 1. The van der Waals surface area contributed by atoms with Crippen LogP contribution in [-0.2, 0) is 11.0 Å². The van der Waals surface area contributed by atoms with Crippen LogP contribution in [0.3, 0.4) is 0 Å². The number of hydrogen-bond acceptors (Lipinski definition) is 4. The number of nitrogens with one attached hydrogen (secondary N) is 1. The second-order valence-corrected chi connectivity index (χ2v) is 6.91. The number of ketones is 1. The summed E-state index contributed by atoms with van der Waals surface area (Å²) in [5.41, 5.74) is 5.55. The third kappa shape index (κ3) is 4.24. The quantitative estimate of drug-likeness (QED) is 0.794. The standard InChI is InChI=1S/C18H24F3N3O2/c1-10(2)15(22)17(26)24-7-6-23-9-14(24)16(25)13-5-4-12(8-11(13)3)18(19,20)21/h4-5,8,10,14-15,23H,6-7,9,22H2,1-3H3/t14-,15+/m1/s1. The minimum absolute atomic E-state index is 0.0825. The maximum atomic E-state index is 12.9. The average molecular weight is 371 g/mol. The highest BCUT2D eigenvalue weighted by Crippen LogP contribution is 2.31. The Kier molecular flexibility index (Phi) is 6.08. The van der Waals surface area contributed by atoms with Crippen molar-refractivity contribution in [3.05, 3.63) is 34.9 Å². The first kappa shape index (κ1) is 20.4. The lowest BCUT2D eigenvalue weighted by molar-refractivity contribution is -0.137. The minimum Gasteiger partial charge on any atom is -0.328 e. The van der Waals surface area contributed by atoms with Crippen LogP contribution in [0, 0.1) is 12.8 Å². The van der Waals surface area contributed by atoms with E-state index in [1.807, 2.05) is 13.8 Å². The van der Waals surface area contributed by atoms with Crippen molar-refractivity contribution in [1.82, 2.24) is 10.2 Å². The Hall–Kier alpha value is -1.93. The predicted molar refractivity (Wildman–Crippen MR) is 91.7 cm³/mol. The van der Waals surface area contributed by atoms with Gasteiger partial charge in [0.2, 0.25) is 5.91 Å². The van der Waals surface area contributed by atoms with Crippen LogP contribution in [0.2, 0.25) is 0 Å². The van der Waals surface area contributed by atoms with Crippen molar-refractivity contribution < 1.29 is 22.8 Å². The summed E-state index contributed by atoms with van der Waals surface area (Å²) in [6.45, 7) is 6.21. The number of amides is 1. The fourth-order valence-corrected chi connectivity index (χ4v) is 2.97. The molecule has 1 aromatic rings. The van der Waals surface area contributed by atoms with Crippen molar-refractivity contribution in [2.24, 2.45) is 11.7 Å². The highest BCUT2D eigenvalue weighted by atomic mass is 19.4. The number of hydrogen-bond donors (Lipinski definition) is 2. The van der Waals surface area contributed by atoms with Gasteiger partial charge in [0.1, 0.15) is 6.04 Å². The van der Waals surface area contributed by atoms with Gasteiger partial charge in [0, 0.05) is 25.2 Å². The molecule has 0 spiro atoms. The maximum absolute atomic E-state index is 12.9. The summed E-state index contributed by atoms with van der Waals surface area (Å²) in [7, 11) is 0. The predicted octanol–water partition coefficient (Wildman–Crippen LogP) is 1.98. The van der Waals surface area contributed by atoms with Gasteiger partial charge in [-0.1, -0.05) is 19.9 Å². The number of alkyl halides is 3. The molecule has 1 amide bonds. The van der Waals surface area contributed by atoms with Gasteiger partial charge < -0.3 is 16.0 Å². The largest absolute Gasteiger partial charge is 0.416 e. The van der Waals surface area contributed by atoms with Gasteiger partial charge in [0.15, 0.2) is 5.78 Å². The van der Waals surface area contributed by atoms with E-state index in [0.717, 1.165) is 12.1 Å². The molecule has 0 aromatic heterocycles. The molecule has 2 rings (SSSR count). The van der Waals surface area contributed by atoms with E-state index in [1.165, 1.54) is 17.9 Å². The Morgan fingerprint density at radius 3 is 2.50 bits per heavy atom. The molecule has 1 saturated heterocycles. The molecule has 1 aliphatic rings. The Morgan fingerprint density at radius 1 is 1.31 bits per heavy atom. The van der Waals surface area contributed by atoms with Gasteiger partial charge in [-0.3, -0.25) is 9.59 Å². The van der Waals surface area contributed by atoms with Crippen molar-refractivity contribution in [3.63, 3.8) is 0 Å². The zero-order valence-corrected chi connectivity index (χ0v) is 15.1. The van der Waals surface area contributed by atoms with Gasteiger partial charge in [-0.2, -0.15) is 13.2 Å². The van der Waals surface area contributed by atoms with Crippen LogP contribution in [0.1, 0.15) is 35.3 Å². The van der Waals surface area contributed by atoms with Gasteiger partial charge >= 0.3 is 6.18 Å². The number of carbonyl (C=O) groups is 2. The summed E-state index contributed by atoms with van der Waals surface area (Å²) in [5, 5.41) is 3.06. The van der Waals surface area contributed by atoms with Gasteiger partial charge in [-0.15, -0.1) is 0 Å². The van der Waals surface area contributed by atoms with E-state index in [-0.39, 0.29) is 35.3 Å². The first-order valence-electron chi connectivity index (χ1n) is 8.53. The van der Waals surface area contributed by atoms with Gasteiger partial charge in [-0.05, 0) is 30.5 Å². The fraction of sp³-hybridized carbons (Fsp3) is 0.556. The number of aryl methyl sites for hydroxylation is 1. The lowest BCUT2D eigenvalue weighted by atomic mass is 9.94. The average Bonchev–Trinajstić information content (AvgIpc) is 2.58. The summed E-state index contributed by atoms with van der Waals surface area (Å²) in [4.78, 5) is 27.0. The molecule has 8 heteroatoms.